The molecule has 0 aromatic rings. The van der Waals surface area contributed by atoms with E-state index >= 15 is 0 Å². The molecule has 0 aliphatic carbocycles. The molecule has 0 bridgehead atoms. The summed E-state index contributed by atoms with van der Waals surface area (Å²) >= 11 is 0. The van der Waals surface area contributed by atoms with Crippen molar-refractivity contribution in [3.8, 4) is 0 Å². The van der Waals surface area contributed by atoms with Crippen LogP contribution in [0.25, 0.3) is 0 Å². The van der Waals surface area contributed by atoms with E-state index < -0.39 is 7.49 Å². The zero-order valence-electron chi connectivity index (χ0n) is 3.83. The molecule has 0 aliphatic heterocycles. The van der Waals surface area contributed by atoms with Crippen LogP contribution in [0.2, 0.25) is 0 Å². The minimum absolute atomic E-state index is 0.0556. The van der Waals surface area contributed by atoms with Crippen LogP contribution in [0.4, 0.5) is 0 Å². The molecule has 0 rings (SSSR count). The number of rotatable bonds is 1. The predicted octanol–water partition coefficient (Wildman–Crippen LogP) is 1.58. The summed E-state index contributed by atoms with van der Waals surface area (Å²) in [4.78, 5) is 0. The van der Waals surface area contributed by atoms with Gasteiger partial charge in [-0.15, -0.1) is 44.1 Å². The molecule has 0 spiro atoms. The minimum Gasteiger partial charge on any atom is -0.120 e. The van der Waals surface area contributed by atoms with E-state index in [2.05, 4.69) is 36.6 Å². The highest BCUT2D eigenvalue weighted by Crippen LogP contribution is 2.64. The summed E-state index contributed by atoms with van der Waals surface area (Å²) in [5.41, 5.74) is 0. The Morgan fingerprint density at radius 1 is 1.29 bits per heavy atom. The van der Waals surface area contributed by atoms with Crippen LogP contribution < -0.4 is 0 Å². The summed E-state index contributed by atoms with van der Waals surface area (Å²) in [7, 11) is 15.6. The van der Waals surface area contributed by atoms with E-state index in [-0.39, 0.29) is 4.38 Å². The third kappa shape index (κ3) is 4.70. The van der Waals surface area contributed by atoms with Gasteiger partial charge in [-0.05, 0) is 0 Å². The van der Waals surface area contributed by atoms with Crippen molar-refractivity contribution >= 4 is 51.7 Å². The molecule has 2 radical (unpaired) electrons. The Bertz CT molecular complexity index is 53.6. The SMILES string of the molecule is [B]P(P)C(P)(P)P. The second-order valence-corrected chi connectivity index (χ2v) is 10.9. The van der Waals surface area contributed by atoms with Crippen molar-refractivity contribution in [1.82, 2.24) is 0 Å². The summed E-state index contributed by atoms with van der Waals surface area (Å²) in [5, 5.41) is 0. The van der Waals surface area contributed by atoms with Gasteiger partial charge in [-0.1, -0.05) is 0 Å². The maximum absolute atomic E-state index is 5.53. The second kappa shape index (κ2) is 3.40. The molecule has 6 heteroatoms. The average Bonchev–Trinajstić information content (AvgIpc) is 1.31. The first-order valence-electron chi connectivity index (χ1n) is 1.61. The molecule has 0 aromatic carbocycles. The third-order valence-electron chi connectivity index (χ3n) is 0.447. The van der Waals surface area contributed by atoms with Crippen molar-refractivity contribution in [2.75, 3.05) is 0 Å². The topological polar surface area (TPSA) is 0 Å². The van der Waals surface area contributed by atoms with Crippen molar-refractivity contribution in [3.63, 3.8) is 0 Å². The maximum atomic E-state index is 5.53. The first-order chi connectivity index (χ1) is 2.94. The molecule has 0 aromatic heterocycles. The molecular formula is CH8BP5. The molecule has 5 unspecified atom stereocenters. The Kier molecular flexibility index (Phi) is 4.48. The average molecular weight is 186 g/mol. The maximum Gasteiger partial charge on any atom is 0.116 e. The zero-order chi connectivity index (χ0) is 6.08. The van der Waals surface area contributed by atoms with E-state index in [9.17, 15) is 0 Å². The Morgan fingerprint density at radius 3 is 1.43 bits per heavy atom. The Balaban J connectivity index is 3.54. The first-order valence-corrected chi connectivity index (χ1v) is 6.37. The van der Waals surface area contributed by atoms with Gasteiger partial charge in [-0.2, -0.15) is 0 Å². The lowest BCUT2D eigenvalue weighted by Crippen LogP contribution is -1.88. The second-order valence-electron chi connectivity index (χ2n) is 1.29. The van der Waals surface area contributed by atoms with Crippen LogP contribution in [0.1, 0.15) is 0 Å². The van der Waals surface area contributed by atoms with E-state index in [4.69, 9.17) is 7.57 Å². The van der Waals surface area contributed by atoms with Gasteiger partial charge < -0.3 is 0 Å². The van der Waals surface area contributed by atoms with E-state index in [0.29, 0.717) is 0 Å². The van der Waals surface area contributed by atoms with E-state index in [0.717, 1.165) is 0 Å². The van der Waals surface area contributed by atoms with Crippen LogP contribution in [0, 0.1) is 0 Å². The molecule has 7 heavy (non-hydrogen) atoms. The lowest BCUT2D eigenvalue weighted by Gasteiger charge is -2.23. The zero-order valence-corrected chi connectivity index (χ0v) is 9.35. The molecule has 0 saturated heterocycles. The fourth-order valence-electron chi connectivity index (χ4n) is 0. The van der Waals surface area contributed by atoms with Gasteiger partial charge in [0, 0.05) is 4.38 Å². The number of hydrogen-bond donors (Lipinski definition) is 0. The van der Waals surface area contributed by atoms with Gasteiger partial charge in [0.25, 0.3) is 0 Å². The normalized spacial score (nSPS) is 16.6. The van der Waals surface area contributed by atoms with Crippen LogP contribution in [0.15, 0.2) is 0 Å². The van der Waals surface area contributed by atoms with E-state index in [1.807, 2.05) is 0 Å². The van der Waals surface area contributed by atoms with Gasteiger partial charge in [0.2, 0.25) is 0 Å². The molecule has 0 N–H and O–H groups in total. The standard InChI is InChI=1S/CH8BP5/c2-7(6)1(3,4)5/h3-6H2. The Hall–Kier alpha value is 2.21. The fraction of sp³-hybridized carbons (Fsp3) is 1.00. The van der Waals surface area contributed by atoms with Crippen molar-refractivity contribution in [2.45, 2.75) is 4.38 Å². The molecule has 0 amide bonds. The molecule has 5 atom stereocenters. The highest BCUT2D eigenvalue weighted by atomic mass is 32.0. The van der Waals surface area contributed by atoms with Gasteiger partial charge in [0.1, 0.15) is 7.57 Å². The predicted molar refractivity (Wildman–Crippen MR) is 54.2 cm³/mol. The first kappa shape index (κ1) is 9.21. The lowest BCUT2D eigenvalue weighted by atomic mass is 10.8. The van der Waals surface area contributed by atoms with Crippen LogP contribution in [-0.4, -0.2) is 11.9 Å². The highest BCUT2D eigenvalue weighted by Gasteiger charge is 2.13. The summed E-state index contributed by atoms with van der Waals surface area (Å²) in [6, 6.07) is 0. The fourth-order valence-corrected chi connectivity index (χ4v) is 0. The van der Waals surface area contributed by atoms with Gasteiger partial charge in [0.05, 0.1) is 0 Å². The van der Waals surface area contributed by atoms with Crippen molar-refractivity contribution in [3.05, 3.63) is 0 Å². The van der Waals surface area contributed by atoms with Gasteiger partial charge in [-0.25, -0.2) is 0 Å². The summed E-state index contributed by atoms with van der Waals surface area (Å²) in [6.45, 7) is 0. The summed E-state index contributed by atoms with van der Waals surface area (Å²) < 4.78 is 0.0556. The minimum atomic E-state index is -0.436. The molecule has 0 aliphatic rings. The molecule has 0 fully saturated rings. The molecule has 0 nitrogen and oxygen atoms in total. The monoisotopic (exact) mass is 186 g/mol. The lowest BCUT2D eigenvalue weighted by molar-refractivity contribution is 1.91. The third-order valence-corrected chi connectivity index (χ3v) is 8.05. The van der Waals surface area contributed by atoms with Gasteiger partial charge in [0.15, 0.2) is 0 Å². The largest absolute Gasteiger partial charge is 0.120 e. The van der Waals surface area contributed by atoms with E-state index in [1.165, 1.54) is 0 Å². The molecule has 40 valence electrons. The molecular weight excluding hydrogens is 178 g/mol. The van der Waals surface area contributed by atoms with Crippen LogP contribution in [0.5, 0.6) is 0 Å². The number of hydrogen-bond acceptors (Lipinski definition) is 0. The van der Waals surface area contributed by atoms with Crippen LogP contribution >= 0.6 is 44.1 Å². The van der Waals surface area contributed by atoms with Gasteiger partial charge in [-0.3, -0.25) is 0 Å². The Labute approximate surface area is 56.6 Å². The van der Waals surface area contributed by atoms with Crippen molar-refractivity contribution < 1.29 is 0 Å². The van der Waals surface area contributed by atoms with Crippen molar-refractivity contribution in [1.29, 1.82) is 0 Å². The van der Waals surface area contributed by atoms with E-state index in [1.54, 1.807) is 0 Å². The van der Waals surface area contributed by atoms with Crippen LogP contribution in [0.3, 0.4) is 0 Å². The smallest absolute Gasteiger partial charge is 0.116 e. The highest BCUT2D eigenvalue weighted by molar-refractivity contribution is 8.32. The molecule has 0 heterocycles. The van der Waals surface area contributed by atoms with Gasteiger partial charge >= 0.3 is 0 Å². The van der Waals surface area contributed by atoms with Crippen molar-refractivity contribution in [2.24, 2.45) is 0 Å². The van der Waals surface area contributed by atoms with Crippen LogP contribution in [-0.2, 0) is 0 Å². The molecule has 0 saturated carbocycles. The quantitative estimate of drug-likeness (QED) is 0.430. The summed E-state index contributed by atoms with van der Waals surface area (Å²) in [6.07, 6.45) is 0. The Morgan fingerprint density at radius 2 is 1.43 bits per heavy atom. The summed E-state index contributed by atoms with van der Waals surface area (Å²) in [5.74, 6) is 0.